The molecule has 1 fully saturated rings. The Labute approximate surface area is 94.2 Å². The van der Waals surface area contributed by atoms with Gasteiger partial charge in [-0.2, -0.15) is 0 Å². The van der Waals surface area contributed by atoms with Gasteiger partial charge >= 0.3 is 0 Å². The lowest BCUT2D eigenvalue weighted by atomic mass is 9.96. The van der Waals surface area contributed by atoms with E-state index in [-0.39, 0.29) is 0 Å². The summed E-state index contributed by atoms with van der Waals surface area (Å²) >= 11 is 0. The van der Waals surface area contributed by atoms with Crippen molar-refractivity contribution in [3.63, 3.8) is 0 Å². The first-order chi connectivity index (χ1) is 7.84. The lowest BCUT2D eigenvalue weighted by Gasteiger charge is -2.27. The first-order valence-electron chi connectivity index (χ1n) is 5.63. The van der Waals surface area contributed by atoms with E-state index in [2.05, 4.69) is 4.98 Å². The SMILES string of the molecule is Nc1ccc(OC2CCC2)c2ccncc12. The number of benzene rings is 1. The fraction of sp³-hybridized carbons (Fsp3) is 0.308. The van der Waals surface area contributed by atoms with Crippen molar-refractivity contribution in [1.82, 2.24) is 4.98 Å². The fourth-order valence-corrected chi connectivity index (χ4v) is 1.96. The Bertz CT molecular complexity index is 520. The summed E-state index contributed by atoms with van der Waals surface area (Å²) in [5.74, 6) is 0.927. The van der Waals surface area contributed by atoms with Crippen molar-refractivity contribution in [2.75, 3.05) is 5.73 Å². The minimum Gasteiger partial charge on any atom is -0.490 e. The van der Waals surface area contributed by atoms with Crippen LogP contribution in [0.25, 0.3) is 10.8 Å². The van der Waals surface area contributed by atoms with Gasteiger partial charge in [0.15, 0.2) is 0 Å². The summed E-state index contributed by atoms with van der Waals surface area (Å²) in [4.78, 5) is 4.09. The van der Waals surface area contributed by atoms with Gasteiger partial charge in [0.2, 0.25) is 0 Å². The number of nitrogen functional groups attached to an aromatic ring is 1. The zero-order valence-corrected chi connectivity index (χ0v) is 9.02. The lowest BCUT2D eigenvalue weighted by molar-refractivity contribution is 0.122. The minimum absolute atomic E-state index is 0.389. The van der Waals surface area contributed by atoms with Gasteiger partial charge in [-0.15, -0.1) is 0 Å². The number of hydrogen-bond donors (Lipinski definition) is 1. The molecule has 0 atom stereocenters. The molecule has 1 aromatic carbocycles. The van der Waals surface area contributed by atoms with Crippen LogP contribution < -0.4 is 10.5 Å². The first-order valence-corrected chi connectivity index (χ1v) is 5.63. The Kier molecular flexibility index (Phi) is 2.17. The van der Waals surface area contributed by atoms with E-state index >= 15 is 0 Å². The van der Waals surface area contributed by atoms with E-state index in [1.165, 1.54) is 6.42 Å². The Morgan fingerprint density at radius 3 is 2.81 bits per heavy atom. The monoisotopic (exact) mass is 214 g/mol. The van der Waals surface area contributed by atoms with Crippen LogP contribution in [0.3, 0.4) is 0 Å². The van der Waals surface area contributed by atoms with E-state index in [1.54, 1.807) is 12.4 Å². The van der Waals surface area contributed by atoms with Crippen molar-refractivity contribution in [3.8, 4) is 5.75 Å². The van der Waals surface area contributed by atoms with Gasteiger partial charge in [0.05, 0.1) is 6.10 Å². The Morgan fingerprint density at radius 2 is 2.06 bits per heavy atom. The van der Waals surface area contributed by atoms with Crippen molar-refractivity contribution >= 4 is 16.5 Å². The van der Waals surface area contributed by atoms with Crippen molar-refractivity contribution in [3.05, 3.63) is 30.6 Å². The summed E-state index contributed by atoms with van der Waals surface area (Å²) in [5.41, 5.74) is 6.66. The smallest absolute Gasteiger partial charge is 0.127 e. The Morgan fingerprint density at radius 1 is 1.19 bits per heavy atom. The number of anilines is 1. The molecule has 1 heterocycles. The molecule has 1 aliphatic rings. The lowest BCUT2D eigenvalue weighted by Crippen LogP contribution is -2.24. The molecular weight excluding hydrogens is 200 g/mol. The minimum atomic E-state index is 0.389. The quantitative estimate of drug-likeness (QED) is 0.782. The van der Waals surface area contributed by atoms with Gasteiger partial charge in [0.25, 0.3) is 0 Å². The molecule has 3 heteroatoms. The van der Waals surface area contributed by atoms with Crippen molar-refractivity contribution in [2.24, 2.45) is 0 Å². The van der Waals surface area contributed by atoms with Crippen LogP contribution in [0.1, 0.15) is 19.3 Å². The van der Waals surface area contributed by atoms with Crippen LogP contribution in [0.2, 0.25) is 0 Å². The summed E-state index contributed by atoms with van der Waals surface area (Å²) in [5, 5.41) is 2.03. The summed E-state index contributed by atoms with van der Waals surface area (Å²) in [6, 6.07) is 5.80. The van der Waals surface area contributed by atoms with Gasteiger partial charge in [0.1, 0.15) is 5.75 Å². The van der Waals surface area contributed by atoms with Crippen LogP contribution in [0.5, 0.6) is 5.75 Å². The molecule has 0 radical (unpaired) electrons. The fourth-order valence-electron chi connectivity index (χ4n) is 1.96. The molecule has 3 nitrogen and oxygen atoms in total. The average molecular weight is 214 g/mol. The summed E-state index contributed by atoms with van der Waals surface area (Å²) in [6.45, 7) is 0. The number of nitrogens with two attached hydrogens (primary N) is 1. The third-order valence-corrected chi connectivity index (χ3v) is 3.16. The molecule has 0 aliphatic heterocycles. The van der Waals surface area contributed by atoms with Crippen LogP contribution in [0, 0.1) is 0 Å². The maximum atomic E-state index is 5.94. The first kappa shape index (κ1) is 9.46. The van der Waals surface area contributed by atoms with E-state index in [9.17, 15) is 0 Å². The molecule has 16 heavy (non-hydrogen) atoms. The summed E-state index contributed by atoms with van der Waals surface area (Å²) in [6.07, 6.45) is 7.56. The van der Waals surface area contributed by atoms with Crippen molar-refractivity contribution in [1.29, 1.82) is 0 Å². The van der Waals surface area contributed by atoms with Crippen LogP contribution in [0.4, 0.5) is 5.69 Å². The van der Waals surface area contributed by atoms with Crippen molar-refractivity contribution < 1.29 is 4.74 Å². The Hall–Kier alpha value is -1.77. The van der Waals surface area contributed by atoms with Gasteiger partial charge in [0, 0.05) is 28.9 Å². The normalized spacial score (nSPS) is 16.0. The zero-order chi connectivity index (χ0) is 11.0. The zero-order valence-electron chi connectivity index (χ0n) is 9.02. The van der Waals surface area contributed by atoms with Gasteiger partial charge in [-0.05, 0) is 37.5 Å². The van der Waals surface area contributed by atoms with Crippen LogP contribution in [0.15, 0.2) is 30.6 Å². The molecule has 0 spiro atoms. The number of ether oxygens (including phenoxy) is 1. The van der Waals surface area contributed by atoms with Gasteiger partial charge < -0.3 is 10.5 Å². The van der Waals surface area contributed by atoms with Gasteiger partial charge in [-0.3, -0.25) is 4.98 Å². The maximum Gasteiger partial charge on any atom is 0.127 e. The molecule has 0 saturated heterocycles. The van der Waals surface area contributed by atoms with E-state index in [0.29, 0.717) is 6.10 Å². The number of aromatic nitrogens is 1. The second kappa shape index (κ2) is 3.67. The van der Waals surface area contributed by atoms with E-state index in [1.807, 2.05) is 18.2 Å². The molecule has 2 N–H and O–H groups in total. The molecule has 3 rings (SSSR count). The molecule has 82 valence electrons. The summed E-state index contributed by atoms with van der Waals surface area (Å²) in [7, 11) is 0. The number of hydrogen-bond acceptors (Lipinski definition) is 3. The number of pyridine rings is 1. The molecule has 1 saturated carbocycles. The van der Waals surface area contributed by atoms with Gasteiger partial charge in [-0.25, -0.2) is 0 Å². The van der Waals surface area contributed by atoms with E-state index in [0.717, 1.165) is 35.1 Å². The van der Waals surface area contributed by atoms with Crippen molar-refractivity contribution in [2.45, 2.75) is 25.4 Å². The average Bonchev–Trinajstić information content (AvgIpc) is 2.26. The predicted molar refractivity (Wildman–Crippen MR) is 64.4 cm³/mol. The Balaban J connectivity index is 2.06. The molecule has 2 aromatic rings. The van der Waals surface area contributed by atoms with Crippen LogP contribution in [-0.2, 0) is 0 Å². The highest BCUT2D eigenvalue weighted by molar-refractivity contribution is 5.96. The van der Waals surface area contributed by atoms with Crippen LogP contribution in [-0.4, -0.2) is 11.1 Å². The molecule has 1 aromatic heterocycles. The van der Waals surface area contributed by atoms with E-state index < -0.39 is 0 Å². The molecule has 1 aliphatic carbocycles. The predicted octanol–water partition coefficient (Wildman–Crippen LogP) is 2.75. The highest BCUT2D eigenvalue weighted by Crippen LogP contribution is 2.32. The maximum absolute atomic E-state index is 5.94. The number of fused-ring (bicyclic) bond motifs is 1. The number of rotatable bonds is 2. The largest absolute Gasteiger partial charge is 0.490 e. The molecule has 0 unspecified atom stereocenters. The second-order valence-corrected chi connectivity index (χ2v) is 4.24. The molecular formula is C13H14N2O. The standard InChI is InChI=1S/C13H14N2O/c14-12-4-5-13(16-9-2-1-3-9)10-6-7-15-8-11(10)12/h4-9H,1-3,14H2. The number of nitrogens with zero attached hydrogens (tertiary/aromatic N) is 1. The molecule has 0 bridgehead atoms. The second-order valence-electron chi connectivity index (χ2n) is 4.24. The third-order valence-electron chi connectivity index (χ3n) is 3.16. The summed E-state index contributed by atoms with van der Waals surface area (Å²) < 4.78 is 5.94. The topological polar surface area (TPSA) is 48.1 Å². The highest BCUT2D eigenvalue weighted by atomic mass is 16.5. The van der Waals surface area contributed by atoms with E-state index in [4.69, 9.17) is 10.5 Å². The highest BCUT2D eigenvalue weighted by Gasteiger charge is 2.20. The van der Waals surface area contributed by atoms with Gasteiger partial charge in [-0.1, -0.05) is 0 Å². The third kappa shape index (κ3) is 1.48. The van der Waals surface area contributed by atoms with Crippen LogP contribution >= 0.6 is 0 Å². The molecule has 0 amide bonds.